The normalized spacial score (nSPS) is 15.5. The smallest absolute Gasteiger partial charge is 0.345 e. The molecule has 138 valence electrons. The predicted octanol–water partition coefficient (Wildman–Crippen LogP) is 1.41. The van der Waals surface area contributed by atoms with Gasteiger partial charge in [-0.2, -0.15) is 4.90 Å². The number of carbonyl (C=O) groups is 4. The number of carbonyl (C=O) groups excluding carboxylic acids is 4. The molecule has 0 bridgehead atoms. The van der Waals surface area contributed by atoms with E-state index in [9.17, 15) is 19.2 Å². The third-order valence-corrected chi connectivity index (χ3v) is 3.70. The second kappa shape index (κ2) is 7.26. The first-order chi connectivity index (χ1) is 12.3. The number of nitrogens with zero attached hydrogens (tertiary/aromatic N) is 2. The SMILES string of the molecule is COc1cc(OC)c(OC)cc1/C=C1\C(=O)N(C(C)=O)C(=O)N1C(C)=O. The number of ether oxygens (including phenoxy) is 3. The zero-order valence-corrected chi connectivity index (χ0v) is 15.0. The van der Waals surface area contributed by atoms with Gasteiger partial charge in [-0.05, 0) is 12.1 Å². The van der Waals surface area contributed by atoms with Crippen LogP contribution < -0.4 is 14.2 Å². The van der Waals surface area contributed by atoms with E-state index < -0.39 is 23.8 Å². The van der Waals surface area contributed by atoms with Gasteiger partial charge in [-0.25, -0.2) is 9.69 Å². The van der Waals surface area contributed by atoms with Crippen molar-refractivity contribution >= 4 is 29.8 Å². The highest BCUT2D eigenvalue weighted by Crippen LogP contribution is 2.36. The molecule has 1 heterocycles. The minimum atomic E-state index is -1.01. The van der Waals surface area contributed by atoms with E-state index in [0.29, 0.717) is 32.6 Å². The maximum Gasteiger partial charge on any atom is 0.345 e. The number of benzene rings is 1. The Balaban J connectivity index is 2.66. The molecule has 1 aliphatic heterocycles. The van der Waals surface area contributed by atoms with Gasteiger partial charge in [0.15, 0.2) is 11.5 Å². The summed E-state index contributed by atoms with van der Waals surface area (Å²) in [5, 5.41) is 0. The fraction of sp³-hybridized carbons (Fsp3) is 0.294. The van der Waals surface area contributed by atoms with Crippen molar-refractivity contribution in [3.05, 3.63) is 23.4 Å². The minimum absolute atomic E-state index is 0.261. The molecule has 9 nitrogen and oxygen atoms in total. The van der Waals surface area contributed by atoms with E-state index in [1.165, 1.54) is 39.5 Å². The van der Waals surface area contributed by atoms with E-state index in [1.54, 1.807) is 0 Å². The van der Waals surface area contributed by atoms with Crippen molar-refractivity contribution in [2.75, 3.05) is 21.3 Å². The zero-order valence-electron chi connectivity index (χ0n) is 15.0. The quantitative estimate of drug-likeness (QED) is 0.589. The summed E-state index contributed by atoms with van der Waals surface area (Å²) >= 11 is 0. The van der Waals surface area contributed by atoms with Crippen molar-refractivity contribution in [1.82, 2.24) is 9.80 Å². The van der Waals surface area contributed by atoms with Gasteiger partial charge in [-0.15, -0.1) is 0 Å². The molecule has 0 spiro atoms. The Labute approximate surface area is 149 Å². The fourth-order valence-electron chi connectivity index (χ4n) is 2.52. The van der Waals surface area contributed by atoms with Gasteiger partial charge >= 0.3 is 6.03 Å². The molecule has 9 heteroatoms. The molecule has 0 radical (unpaired) electrons. The molecule has 1 aromatic carbocycles. The Morgan fingerprint density at radius 1 is 0.846 bits per heavy atom. The monoisotopic (exact) mass is 362 g/mol. The lowest BCUT2D eigenvalue weighted by Gasteiger charge is -2.14. The first-order valence-corrected chi connectivity index (χ1v) is 7.48. The maximum atomic E-state index is 12.5. The van der Waals surface area contributed by atoms with Crippen LogP contribution in [0.2, 0.25) is 0 Å². The second-order valence-corrected chi connectivity index (χ2v) is 5.28. The van der Waals surface area contributed by atoms with Crippen LogP contribution in [0.1, 0.15) is 19.4 Å². The Morgan fingerprint density at radius 2 is 1.35 bits per heavy atom. The molecule has 5 amide bonds. The van der Waals surface area contributed by atoms with Crippen LogP contribution in [0.4, 0.5) is 4.79 Å². The summed E-state index contributed by atoms with van der Waals surface area (Å²) < 4.78 is 15.7. The van der Waals surface area contributed by atoms with Crippen LogP contribution in [0.15, 0.2) is 17.8 Å². The topological polar surface area (TPSA) is 102 Å². The number of imide groups is 4. The Kier molecular flexibility index (Phi) is 5.30. The van der Waals surface area contributed by atoms with Crippen LogP contribution >= 0.6 is 0 Å². The molecule has 1 aliphatic rings. The summed E-state index contributed by atoms with van der Waals surface area (Å²) in [7, 11) is 4.30. The number of hydrogen-bond acceptors (Lipinski definition) is 7. The van der Waals surface area contributed by atoms with Crippen molar-refractivity contribution in [3.63, 3.8) is 0 Å². The summed E-state index contributed by atoms with van der Waals surface area (Å²) in [6.45, 7) is 2.18. The zero-order chi connectivity index (χ0) is 19.6. The maximum absolute atomic E-state index is 12.5. The van der Waals surface area contributed by atoms with Crippen LogP contribution in [-0.4, -0.2) is 54.9 Å². The number of urea groups is 1. The number of amides is 5. The van der Waals surface area contributed by atoms with Gasteiger partial charge in [0.1, 0.15) is 11.4 Å². The Bertz CT molecular complexity index is 829. The standard InChI is InChI=1S/C17H18N2O7/c1-9(20)18-12(16(22)19(10(2)21)17(18)23)6-11-7-14(25-4)15(26-5)8-13(11)24-3/h6-8H,1-5H3/b12-6+. The van der Waals surface area contributed by atoms with E-state index >= 15 is 0 Å². The molecule has 1 fully saturated rings. The van der Waals surface area contributed by atoms with Gasteiger partial charge in [0.05, 0.1) is 21.3 Å². The van der Waals surface area contributed by atoms with Crippen molar-refractivity contribution < 1.29 is 33.4 Å². The van der Waals surface area contributed by atoms with Crippen molar-refractivity contribution in [1.29, 1.82) is 0 Å². The lowest BCUT2D eigenvalue weighted by Crippen LogP contribution is -2.37. The average Bonchev–Trinajstić information content (AvgIpc) is 2.84. The molecule has 0 N–H and O–H groups in total. The highest BCUT2D eigenvalue weighted by molar-refractivity contribution is 6.26. The fourth-order valence-corrected chi connectivity index (χ4v) is 2.52. The number of methoxy groups -OCH3 is 3. The first kappa shape index (κ1) is 19.0. The van der Waals surface area contributed by atoms with Crippen LogP contribution in [0, 0.1) is 0 Å². The molecule has 1 aromatic rings. The summed E-state index contributed by atoms with van der Waals surface area (Å²) in [5.41, 5.74) is 0.0983. The Hall–Kier alpha value is -3.36. The van der Waals surface area contributed by atoms with E-state index in [1.807, 2.05) is 0 Å². The van der Waals surface area contributed by atoms with E-state index in [-0.39, 0.29) is 5.70 Å². The third kappa shape index (κ3) is 3.10. The summed E-state index contributed by atoms with van der Waals surface area (Å²) in [4.78, 5) is 49.2. The van der Waals surface area contributed by atoms with Crippen molar-refractivity contribution in [2.45, 2.75) is 13.8 Å². The van der Waals surface area contributed by atoms with Gasteiger partial charge in [-0.3, -0.25) is 14.4 Å². The Morgan fingerprint density at radius 3 is 1.81 bits per heavy atom. The molecule has 26 heavy (non-hydrogen) atoms. The van der Waals surface area contributed by atoms with E-state index in [4.69, 9.17) is 14.2 Å². The largest absolute Gasteiger partial charge is 0.496 e. The lowest BCUT2D eigenvalue weighted by molar-refractivity contribution is -0.135. The summed E-state index contributed by atoms with van der Waals surface area (Å²) in [6.07, 6.45) is 1.28. The molecule has 0 aliphatic carbocycles. The van der Waals surface area contributed by atoms with Crippen LogP contribution in [0.25, 0.3) is 6.08 Å². The van der Waals surface area contributed by atoms with E-state index in [2.05, 4.69) is 0 Å². The number of rotatable bonds is 4. The molecule has 0 atom stereocenters. The minimum Gasteiger partial charge on any atom is -0.496 e. The van der Waals surface area contributed by atoms with Crippen LogP contribution in [0.5, 0.6) is 17.2 Å². The summed E-state index contributed by atoms with van der Waals surface area (Å²) in [6, 6.07) is 2.05. The summed E-state index contributed by atoms with van der Waals surface area (Å²) in [5.74, 6) is -1.30. The van der Waals surface area contributed by atoms with Crippen LogP contribution in [-0.2, 0) is 14.4 Å². The van der Waals surface area contributed by atoms with Crippen molar-refractivity contribution in [3.8, 4) is 17.2 Å². The van der Waals surface area contributed by atoms with E-state index in [0.717, 1.165) is 13.8 Å². The van der Waals surface area contributed by atoms with Gasteiger partial charge in [0.25, 0.3) is 5.91 Å². The molecule has 0 aromatic heterocycles. The average molecular weight is 362 g/mol. The molecule has 0 saturated carbocycles. The highest BCUT2D eigenvalue weighted by Gasteiger charge is 2.45. The first-order valence-electron chi connectivity index (χ1n) is 7.48. The van der Waals surface area contributed by atoms with Gasteiger partial charge in [-0.1, -0.05) is 0 Å². The number of hydrogen-bond donors (Lipinski definition) is 0. The van der Waals surface area contributed by atoms with Gasteiger partial charge < -0.3 is 14.2 Å². The highest BCUT2D eigenvalue weighted by atomic mass is 16.5. The van der Waals surface area contributed by atoms with Crippen LogP contribution in [0.3, 0.4) is 0 Å². The van der Waals surface area contributed by atoms with Gasteiger partial charge in [0.2, 0.25) is 11.8 Å². The second-order valence-electron chi connectivity index (χ2n) is 5.28. The molecule has 0 unspecified atom stereocenters. The van der Waals surface area contributed by atoms with Crippen molar-refractivity contribution in [2.24, 2.45) is 0 Å². The molecule has 2 rings (SSSR count). The molecular weight excluding hydrogens is 344 g/mol. The molecule has 1 saturated heterocycles. The third-order valence-electron chi connectivity index (χ3n) is 3.70. The molecular formula is C17H18N2O7. The van der Waals surface area contributed by atoms with Gasteiger partial charge in [0, 0.05) is 25.5 Å². The predicted molar refractivity (Wildman–Crippen MR) is 89.5 cm³/mol. The lowest BCUT2D eigenvalue weighted by atomic mass is 10.1.